The summed E-state index contributed by atoms with van der Waals surface area (Å²) >= 11 is 11.5. The third-order valence-electron chi connectivity index (χ3n) is 4.12. The van der Waals surface area contributed by atoms with Crippen molar-refractivity contribution in [2.45, 2.75) is 6.54 Å². The smallest absolute Gasteiger partial charge is 0.281 e. The minimum Gasteiger partial charge on any atom is -0.327 e. The lowest BCUT2D eigenvalue weighted by Crippen LogP contribution is -2.30. The van der Waals surface area contributed by atoms with Crippen LogP contribution in [0, 0.1) is 0 Å². The first-order valence-corrected chi connectivity index (χ1v) is 9.08. The van der Waals surface area contributed by atoms with Crippen LogP contribution >= 0.6 is 23.8 Å². The second-order valence-corrected chi connectivity index (χ2v) is 6.83. The minimum atomic E-state index is -0.246. The molecule has 134 valence electrons. The molecule has 0 aliphatic carbocycles. The fourth-order valence-electron chi connectivity index (χ4n) is 2.86. The molecule has 1 saturated heterocycles. The van der Waals surface area contributed by atoms with E-state index in [4.69, 9.17) is 23.8 Å². The number of rotatable bonds is 4. The summed E-state index contributed by atoms with van der Waals surface area (Å²) in [5.74, 6) is -0.246. The van der Waals surface area contributed by atoms with Crippen LogP contribution in [0.3, 0.4) is 0 Å². The normalized spacial score (nSPS) is 15.4. The zero-order valence-electron chi connectivity index (χ0n) is 14.2. The van der Waals surface area contributed by atoms with Gasteiger partial charge in [-0.25, -0.2) is 0 Å². The van der Waals surface area contributed by atoms with Gasteiger partial charge in [0, 0.05) is 11.8 Å². The third kappa shape index (κ3) is 3.63. The van der Waals surface area contributed by atoms with Gasteiger partial charge < -0.3 is 5.32 Å². The number of halogens is 1. The summed E-state index contributed by atoms with van der Waals surface area (Å²) in [6.45, 7) is 0.662. The van der Waals surface area contributed by atoms with Crippen molar-refractivity contribution in [3.63, 3.8) is 0 Å². The van der Waals surface area contributed by atoms with Crippen LogP contribution in [-0.4, -0.2) is 20.8 Å². The van der Waals surface area contributed by atoms with E-state index in [-0.39, 0.29) is 5.91 Å². The topological polar surface area (TPSA) is 50.2 Å². The average Bonchev–Trinajstić information content (AvgIpc) is 3.21. The number of thiocarbonyl (C=S) groups is 1. The molecular weight excluding hydrogens is 380 g/mol. The lowest BCUT2D eigenvalue weighted by atomic mass is 10.2. The number of anilines is 1. The van der Waals surface area contributed by atoms with E-state index in [2.05, 4.69) is 10.4 Å². The van der Waals surface area contributed by atoms with E-state index in [1.54, 1.807) is 30.5 Å². The van der Waals surface area contributed by atoms with Gasteiger partial charge in [-0.1, -0.05) is 54.1 Å². The van der Waals surface area contributed by atoms with E-state index >= 15 is 0 Å². The largest absolute Gasteiger partial charge is 0.327 e. The number of aromatic nitrogens is 2. The molecule has 1 amide bonds. The van der Waals surface area contributed by atoms with Crippen molar-refractivity contribution < 1.29 is 4.79 Å². The number of hydrogen-bond donors (Lipinski definition) is 1. The van der Waals surface area contributed by atoms with Gasteiger partial charge in [0.1, 0.15) is 5.70 Å². The molecule has 3 aromatic rings. The van der Waals surface area contributed by atoms with Gasteiger partial charge in [0.2, 0.25) is 0 Å². The Morgan fingerprint density at radius 3 is 2.63 bits per heavy atom. The molecule has 1 aliphatic rings. The fourth-order valence-corrected chi connectivity index (χ4v) is 3.38. The van der Waals surface area contributed by atoms with E-state index in [9.17, 15) is 4.79 Å². The average molecular weight is 395 g/mol. The predicted octanol–water partition coefficient (Wildman–Crippen LogP) is 3.85. The Labute approximate surface area is 166 Å². The molecule has 1 fully saturated rings. The van der Waals surface area contributed by atoms with E-state index < -0.39 is 0 Å². The lowest BCUT2D eigenvalue weighted by Gasteiger charge is -2.15. The van der Waals surface area contributed by atoms with E-state index in [1.807, 2.05) is 47.3 Å². The van der Waals surface area contributed by atoms with Crippen molar-refractivity contribution >= 4 is 46.6 Å². The van der Waals surface area contributed by atoms with Crippen LogP contribution in [0.5, 0.6) is 0 Å². The first kappa shape index (κ1) is 17.5. The van der Waals surface area contributed by atoms with Crippen molar-refractivity contribution in [3.8, 4) is 0 Å². The van der Waals surface area contributed by atoms with Crippen molar-refractivity contribution in [3.05, 3.63) is 88.8 Å². The lowest BCUT2D eigenvalue weighted by molar-refractivity contribution is -0.113. The molecular formula is C20H15ClN4OS. The van der Waals surface area contributed by atoms with Gasteiger partial charge in [-0.2, -0.15) is 5.10 Å². The summed E-state index contributed by atoms with van der Waals surface area (Å²) in [7, 11) is 0. The molecule has 7 heteroatoms. The van der Waals surface area contributed by atoms with Crippen LogP contribution in [0.15, 0.2) is 72.7 Å². The molecule has 1 aromatic heterocycles. The zero-order chi connectivity index (χ0) is 18.8. The summed E-state index contributed by atoms with van der Waals surface area (Å²) < 4.78 is 1.82. The minimum absolute atomic E-state index is 0.246. The number of nitrogens with zero attached hydrogens (tertiary/aromatic N) is 3. The van der Waals surface area contributed by atoms with E-state index in [0.29, 0.717) is 28.1 Å². The molecule has 0 spiro atoms. The van der Waals surface area contributed by atoms with E-state index in [0.717, 1.165) is 11.1 Å². The highest BCUT2D eigenvalue weighted by Gasteiger charge is 2.33. The maximum atomic E-state index is 12.8. The second kappa shape index (κ2) is 7.34. The van der Waals surface area contributed by atoms with Gasteiger partial charge in [0.25, 0.3) is 5.91 Å². The Bertz CT molecular complexity index is 1040. The Morgan fingerprint density at radius 2 is 1.85 bits per heavy atom. The molecule has 4 rings (SSSR count). The maximum Gasteiger partial charge on any atom is 0.281 e. The van der Waals surface area contributed by atoms with Gasteiger partial charge in [-0.15, -0.1) is 0 Å². The highest BCUT2D eigenvalue weighted by atomic mass is 35.5. The summed E-state index contributed by atoms with van der Waals surface area (Å²) in [5.41, 5.74) is 2.91. The first-order chi connectivity index (χ1) is 13.1. The number of carbonyl (C=O) groups is 1. The molecule has 2 heterocycles. The van der Waals surface area contributed by atoms with Gasteiger partial charge >= 0.3 is 0 Å². The molecule has 0 atom stereocenters. The summed E-state index contributed by atoms with van der Waals surface area (Å²) in [6.07, 6.45) is 5.34. The Kier molecular flexibility index (Phi) is 4.75. The van der Waals surface area contributed by atoms with Crippen LogP contribution in [0.1, 0.15) is 11.1 Å². The van der Waals surface area contributed by atoms with Gasteiger partial charge in [0.05, 0.1) is 23.5 Å². The molecule has 1 aliphatic heterocycles. The van der Waals surface area contributed by atoms with Crippen molar-refractivity contribution in [2.75, 3.05) is 4.90 Å². The Hall–Kier alpha value is -2.96. The quantitative estimate of drug-likeness (QED) is 0.539. The van der Waals surface area contributed by atoms with Gasteiger partial charge in [-0.3, -0.25) is 14.4 Å². The highest BCUT2D eigenvalue weighted by molar-refractivity contribution is 7.80. The van der Waals surface area contributed by atoms with Crippen LogP contribution < -0.4 is 10.2 Å². The molecule has 0 unspecified atom stereocenters. The molecule has 2 aromatic carbocycles. The molecule has 5 nitrogen and oxygen atoms in total. The first-order valence-electron chi connectivity index (χ1n) is 8.30. The maximum absolute atomic E-state index is 12.8. The van der Waals surface area contributed by atoms with Crippen LogP contribution in [-0.2, 0) is 11.3 Å². The Balaban J connectivity index is 1.56. The Morgan fingerprint density at radius 1 is 1.11 bits per heavy atom. The number of carbonyl (C=O) groups excluding carboxylic acids is 1. The SMILES string of the molecule is O=C1/C(=C\c2cnn(Cc3ccccc3)c2)NC(=S)N1c1ccccc1Cl. The monoisotopic (exact) mass is 394 g/mol. The summed E-state index contributed by atoms with van der Waals surface area (Å²) in [6, 6.07) is 17.2. The molecule has 0 saturated carbocycles. The highest BCUT2D eigenvalue weighted by Crippen LogP contribution is 2.29. The standard InChI is InChI=1S/C20H15ClN4OS/c21-16-8-4-5-9-18(16)25-19(26)17(23-20(25)27)10-15-11-22-24(13-15)12-14-6-2-1-3-7-14/h1-11,13H,12H2,(H,23,27)/b17-10+. The predicted molar refractivity (Wildman–Crippen MR) is 110 cm³/mol. The zero-order valence-corrected chi connectivity index (χ0v) is 15.7. The van der Waals surface area contributed by atoms with E-state index in [1.165, 1.54) is 4.90 Å². The van der Waals surface area contributed by atoms with Crippen molar-refractivity contribution in [1.82, 2.24) is 15.1 Å². The van der Waals surface area contributed by atoms with Crippen LogP contribution in [0.4, 0.5) is 5.69 Å². The van der Waals surface area contributed by atoms with Gasteiger partial charge in [-0.05, 0) is 36.0 Å². The number of nitrogens with one attached hydrogen (secondary N) is 1. The summed E-state index contributed by atoms with van der Waals surface area (Å²) in [4.78, 5) is 14.2. The van der Waals surface area contributed by atoms with Crippen LogP contribution in [0.25, 0.3) is 6.08 Å². The van der Waals surface area contributed by atoms with Crippen molar-refractivity contribution in [1.29, 1.82) is 0 Å². The second-order valence-electron chi connectivity index (χ2n) is 6.04. The molecule has 0 radical (unpaired) electrons. The van der Waals surface area contributed by atoms with Gasteiger partial charge in [0.15, 0.2) is 5.11 Å². The fraction of sp³-hybridized carbons (Fsp3) is 0.0500. The molecule has 1 N–H and O–H groups in total. The summed E-state index contributed by atoms with van der Waals surface area (Å²) in [5, 5.41) is 8.08. The third-order valence-corrected chi connectivity index (χ3v) is 4.73. The number of hydrogen-bond acceptors (Lipinski definition) is 3. The van der Waals surface area contributed by atoms with Crippen molar-refractivity contribution in [2.24, 2.45) is 0 Å². The number of amides is 1. The molecule has 0 bridgehead atoms. The van der Waals surface area contributed by atoms with Crippen LogP contribution in [0.2, 0.25) is 5.02 Å². The number of para-hydroxylation sites is 1. The molecule has 27 heavy (non-hydrogen) atoms. The number of benzene rings is 2.